The van der Waals surface area contributed by atoms with Crippen LogP contribution in [0.5, 0.6) is 0 Å². The third kappa shape index (κ3) is 5.01. The summed E-state index contributed by atoms with van der Waals surface area (Å²) in [6.07, 6.45) is 0. The molecule has 1 amide bonds. The van der Waals surface area contributed by atoms with Gasteiger partial charge in [0.1, 0.15) is 5.82 Å². The third-order valence-electron chi connectivity index (χ3n) is 3.07. The second kappa shape index (κ2) is 8.09. The summed E-state index contributed by atoms with van der Waals surface area (Å²) in [5.41, 5.74) is -0.0493. The summed E-state index contributed by atoms with van der Waals surface area (Å²) in [6, 6.07) is 7.79. The van der Waals surface area contributed by atoms with Crippen molar-refractivity contribution in [1.29, 1.82) is 0 Å². The quantitative estimate of drug-likeness (QED) is 0.622. The van der Waals surface area contributed by atoms with Crippen LogP contribution in [0.3, 0.4) is 0 Å². The number of halogens is 3. The second-order valence-corrected chi connectivity index (χ2v) is 5.84. The SMILES string of the molecule is CC(=O)Nc1ccc(C(=O)COC(=O)c2cc(Cl)ccc2Cl)c(F)c1. The molecule has 0 saturated carbocycles. The molecule has 5 nitrogen and oxygen atoms in total. The number of ketones is 1. The van der Waals surface area contributed by atoms with E-state index < -0.39 is 24.2 Å². The molecule has 130 valence electrons. The molecule has 0 heterocycles. The Kier molecular flexibility index (Phi) is 6.12. The predicted molar refractivity (Wildman–Crippen MR) is 91.8 cm³/mol. The molecular formula is C17H12Cl2FNO4. The number of rotatable bonds is 5. The molecule has 1 N–H and O–H groups in total. The molecule has 2 rings (SSSR count). The lowest BCUT2D eigenvalue weighted by atomic mass is 10.1. The average Bonchev–Trinajstić information content (AvgIpc) is 2.54. The number of ether oxygens (including phenoxy) is 1. The molecule has 0 aliphatic heterocycles. The van der Waals surface area contributed by atoms with Crippen LogP contribution in [0.2, 0.25) is 10.0 Å². The molecule has 0 aliphatic rings. The summed E-state index contributed by atoms with van der Waals surface area (Å²) in [6.45, 7) is 0.607. The molecule has 0 fully saturated rings. The van der Waals surface area contributed by atoms with E-state index >= 15 is 0 Å². The molecule has 25 heavy (non-hydrogen) atoms. The maximum atomic E-state index is 14.0. The first-order chi connectivity index (χ1) is 11.8. The maximum Gasteiger partial charge on any atom is 0.340 e. The highest BCUT2D eigenvalue weighted by Crippen LogP contribution is 2.21. The van der Waals surface area contributed by atoms with E-state index in [-0.39, 0.29) is 32.8 Å². The zero-order valence-corrected chi connectivity index (χ0v) is 14.4. The molecule has 0 atom stereocenters. The fraction of sp³-hybridized carbons (Fsp3) is 0.118. The number of esters is 1. The standard InChI is InChI=1S/C17H12Cl2FNO4/c1-9(22)21-11-3-4-12(15(20)7-11)16(23)8-25-17(24)13-6-10(18)2-5-14(13)19/h2-7H,8H2,1H3,(H,21,22). The lowest BCUT2D eigenvalue weighted by molar-refractivity contribution is -0.114. The van der Waals surface area contributed by atoms with Gasteiger partial charge < -0.3 is 10.1 Å². The summed E-state index contributed by atoms with van der Waals surface area (Å²) >= 11 is 11.6. The lowest BCUT2D eigenvalue weighted by Crippen LogP contribution is -2.16. The summed E-state index contributed by atoms with van der Waals surface area (Å²) in [5, 5.41) is 2.79. The molecule has 2 aromatic rings. The highest BCUT2D eigenvalue weighted by molar-refractivity contribution is 6.35. The van der Waals surface area contributed by atoms with Crippen molar-refractivity contribution in [2.75, 3.05) is 11.9 Å². The largest absolute Gasteiger partial charge is 0.454 e. The zero-order valence-electron chi connectivity index (χ0n) is 12.9. The average molecular weight is 384 g/mol. The van der Waals surface area contributed by atoms with Crippen LogP contribution in [-0.4, -0.2) is 24.3 Å². The Balaban J connectivity index is 2.06. The van der Waals surface area contributed by atoms with Crippen molar-refractivity contribution in [2.45, 2.75) is 6.92 Å². The predicted octanol–water partition coefficient (Wildman–Crippen LogP) is 4.13. The van der Waals surface area contributed by atoms with E-state index in [1.54, 1.807) is 0 Å². The number of amides is 1. The monoisotopic (exact) mass is 383 g/mol. The number of carbonyl (C=O) groups excluding carboxylic acids is 3. The maximum absolute atomic E-state index is 14.0. The number of carbonyl (C=O) groups is 3. The Labute approximate surface area is 152 Å². The number of Topliss-reactive ketones (excluding diaryl/α,β-unsaturated/α-hetero) is 1. The van der Waals surface area contributed by atoms with Crippen molar-refractivity contribution in [3.63, 3.8) is 0 Å². The van der Waals surface area contributed by atoms with Crippen LogP contribution in [0.15, 0.2) is 36.4 Å². The zero-order chi connectivity index (χ0) is 18.6. The Morgan fingerprint density at radius 1 is 1.08 bits per heavy atom. The first kappa shape index (κ1) is 18.9. The lowest BCUT2D eigenvalue weighted by Gasteiger charge is -2.08. The van der Waals surface area contributed by atoms with Crippen molar-refractivity contribution < 1.29 is 23.5 Å². The third-order valence-corrected chi connectivity index (χ3v) is 3.64. The molecule has 0 aromatic heterocycles. The molecule has 0 bridgehead atoms. The van der Waals surface area contributed by atoms with Crippen LogP contribution < -0.4 is 5.32 Å². The first-order valence-electron chi connectivity index (χ1n) is 7.00. The van der Waals surface area contributed by atoms with Gasteiger partial charge in [0.15, 0.2) is 6.61 Å². The van der Waals surface area contributed by atoms with Crippen molar-refractivity contribution in [1.82, 2.24) is 0 Å². The molecule has 0 unspecified atom stereocenters. The molecule has 2 aromatic carbocycles. The fourth-order valence-electron chi connectivity index (χ4n) is 1.96. The summed E-state index contributed by atoms with van der Waals surface area (Å²) < 4.78 is 18.8. The van der Waals surface area contributed by atoms with E-state index in [2.05, 4.69) is 5.32 Å². The van der Waals surface area contributed by atoms with Crippen molar-refractivity contribution in [3.8, 4) is 0 Å². The number of hydrogen-bond acceptors (Lipinski definition) is 4. The van der Waals surface area contributed by atoms with Gasteiger partial charge in [-0.2, -0.15) is 0 Å². The van der Waals surface area contributed by atoms with Gasteiger partial charge in [0.25, 0.3) is 0 Å². The molecule has 0 aliphatic carbocycles. The van der Waals surface area contributed by atoms with E-state index in [9.17, 15) is 18.8 Å². The highest BCUT2D eigenvalue weighted by atomic mass is 35.5. The van der Waals surface area contributed by atoms with Crippen molar-refractivity contribution in [2.24, 2.45) is 0 Å². The summed E-state index contributed by atoms with van der Waals surface area (Å²) in [7, 11) is 0. The van der Waals surface area contributed by atoms with E-state index in [1.807, 2.05) is 0 Å². The number of anilines is 1. The Morgan fingerprint density at radius 2 is 1.80 bits per heavy atom. The fourth-order valence-corrected chi connectivity index (χ4v) is 2.33. The summed E-state index contributed by atoms with van der Waals surface area (Å²) in [4.78, 5) is 34.9. The topological polar surface area (TPSA) is 72.5 Å². The van der Waals surface area contributed by atoms with E-state index in [0.717, 1.165) is 6.07 Å². The Hall–Kier alpha value is -2.44. The van der Waals surface area contributed by atoms with E-state index in [0.29, 0.717) is 0 Å². The molecule has 0 saturated heterocycles. The second-order valence-electron chi connectivity index (χ2n) is 5.00. The van der Waals surface area contributed by atoms with Crippen LogP contribution in [-0.2, 0) is 9.53 Å². The number of nitrogens with one attached hydrogen (secondary N) is 1. The first-order valence-corrected chi connectivity index (χ1v) is 7.76. The van der Waals surface area contributed by atoms with Gasteiger partial charge in [-0.1, -0.05) is 23.2 Å². The van der Waals surface area contributed by atoms with Crippen molar-refractivity contribution in [3.05, 3.63) is 63.4 Å². The minimum atomic E-state index is -0.851. The molecule has 0 spiro atoms. The summed E-state index contributed by atoms with van der Waals surface area (Å²) in [5.74, 6) is -2.80. The molecule has 8 heteroatoms. The van der Waals surface area contributed by atoms with Gasteiger partial charge >= 0.3 is 5.97 Å². The minimum Gasteiger partial charge on any atom is -0.454 e. The van der Waals surface area contributed by atoms with Crippen LogP contribution in [0, 0.1) is 5.82 Å². The van der Waals surface area contributed by atoms with Gasteiger partial charge in [0, 0.05) is 17.6 Å². The smallest absolute Gasteiger partial charge is 0.340 e. The van der Waals surface area contributed by atoms with Crippen LogP contribution in [0.1, 0.15) is 27.6 Å². The van der Waals surface area contributed by atoms with Crippen LogP contribution in [0.4, 0.5) is 10.1 Å². The van der Waals surface area contributed by atoms with Gasteiger partial charge in [-0.3, -0.25) is 9.59 Å². The van der Waals surface area contributed by atoms with Gasteiger partial charge in [-0.25, -0.2) is 9.18 Å². The van der Waals surface area contributed by atoms with Gasteiger partial charge in [-0.15, -0.1) is 0 Å². The van der Waals surface area contributed by atoms with Crippen LogP contribution in [0.25, 0.3) is 0 Å². The molecular weight excluding hydrogens is 372 g/mol. The van der Waals surface area contributed by atoms with Crippen molar-refractivity contribution >= 4 is 46.5 Å². The van der Waals surface area contributed by atoms with E-state index in [1.165, 1.54) is 37.3 Å². The normalized spacial score (nSPS) is 10.2. The van der Waals surface area contributed by atoms with E-state index in [4.69, 9.17) is 27.9 Å². The molecule has 0 radical (unpaired) electrons. The Bertz CT molecular complexity index is 855. The van der Waals surface area contributed by atoms with Gasteiger partial charge in [0.05, 0.1) is 16.1 Å². The minimum absolute atomic E-state index is 0.00319. The van der Waals surface area contributed by atoms with Gasteiger partial charge in [0.2, 0.25) is 11.7 Å². The van der Waals surface area contributed by atoms with Crippen LogP contribution >= 0.6 is 23.2 Å². The van der Waals surface area contributed by atoms with Gasteiger partial charge in [-0.05, 0) is 36.4 Å². The number of hydrogen-bond donors (Lipinski definition) is 1. The number of benzene rings is 2. The Morgan fingerprint density at radius 3 is 2.44 bits per heavy atom. The highest BCUT2D eigenvalue weighted by Gasteiger charge is 2.17.